The number of likely N-dealkylation sites (tertiary alicyclic amines) is 1. The summed E-state index contributed by atoms with van der Waals surface area (Å²) in [4.78, 5) is 26.7. The number of carbonyl (C=O) groups excluding carboxylic acids is 2. The molecule has 0 bridgehead atoms. The van der Waals surface area contributed by atoms with Gasteiger partial charge in [0.15, 0.2) is 6.61 Å². The fourth-order valence-corrected chi connectivity index (χ4v) is 5.37. The van der Waals surface area contributed by atoms with E-state index in [2.05, 4.69) is 15.0 Å². The van der Waals surface area contributed by atoms with E-state index in [1.807, 2.05) is 24.3 Å². The van der Waals surface area contributed by atoms with Gasteiger partial charge in [-0.05, 0) is 43.6 Å². The van der Waals surface area contributed by atoms with Crippen LogP contribution in [0.15, 0.2) is 36.4 Å². The molecule has 2 aromatic rings. The third kappa shape index (κ3) is 9.54. The maximum absolute atomic E-state index is 12.8. The normalized spacial score (nSPS) is 19.8. The number of nitrogens with one attached hydrogen (secondary N) is 1. The molecule has 2 unspecified atom stereocenters. The van der Waals surface area contributed by atoms with Crippen molar-refractivity contribution in [1.82, 2.24) is 10.2 Å². The van der Waals surface area contributed by atoms with Crippen molar-refractivity contribution in [2.75, 3.05) is 44.3 Å². The SMILES string of the molecule is O=C(COc1cc(Cl)c(OCC(F)F)cc1N1CC(O)C(NC2CCN(Cc3ccc(Cl)cc3)CC2)C1)OC(=O)C(F)(F)F. The molecule has 0 aromatic heterocycles. The molecule has 2 heterocycles. The molecule has 16 heteroatoms. The van der Waals surface area contributed by atoms with Gasteiger partial charge in [-0.1, -0.05) is 35.3 Å². The summed E-state index contributed by atoms with van der Waals surface area (Å²) in [6.07, 6.45) is -7.38. The molecule has 0 radical (unpaired) electrons. The minimum absolute atomic E-state index is 0.0658. The number of aliphatic hydroxyl groups excluding tert-OH is 1. The number of halogens is 7. The first kappa shape index (κ1) is 34.0. The van der Waals surface area contributed by atoms with Gasteiger partial charge in [0.2, 0.25) is 0 Å². The minimum atomic E-state index is -5.38. The summed E-state index contributed by atoms with van der Waals surface area (Å²) in [6, 6.07) is 9.80. The standard InChI is InChI=1S/C28H30Cl2F5N3O6/c29-17-3-1-16(2-4-17)11-37-7-5-18(6-8-37)36-20-12-38(13-22(20)39)21-10-23(42-14-25(31)32)19(30)9-24(21)43-15-26(40)44-27(41)28(33,34)35/h1-4,9-10,18,20,22,25,36,39H,5-8,11-15H2. The van der Waals surface area contributed by atoms with Crippen LogP contribution in [0.2, 0.25) is 10.0 Å². The fourth-order valence-electron chi connectivity index (χ4n) is 5.03. The van der Waals surface area contributed by atoms with Gasteiger partial charge in [0.05, 0.1) is 22.9 Å². The van der Waals surface area contributed by atoms with E-state index in [0.717, 1.165) is 44.1 Å². The fraction of sp³-hybridized carbons (Fsp3) is 0.500. The molecular weight excluding hydrogens is 640 g/mol. The van der Waals surface area contributed by atoms with Crippen molar-refractivity contribution in [1.29, 1.82) is 0 Å². The molecular formula is C28H30Cl2F5N3O6. The molecule has 9 nitrogen and oxygen atoms in total. The lowest BCUT2D eigenvalue weighted by Crippen LogP contribution is -2.49. The Morgan fingerprint density at radius 1 is 1.02 bits per heavy atom. The van der Waals surface area contributed by atoms with E-state index < -0.39 is 49.9 Å². The maximum Gasteiger partial charge on any atom is 0.491 e. The number of anilines is 1. The molecule has 0 saturated carbocycles. The van der Waals surface area contributed by atoms with Crippen molar-refractivity contribution >= 4 is 40.8 Å². The number of nitrogens with zero attached hydrogens (tertiary/aromatic N) is 2. The predicted molar refractivity (Wildman–Crippen MR) is 150 cm³/mol. The van der Waals surface area contributed by atoms with Gasteiger partial charge in [-0.2, -0.15) is 13.2 Å². The molecule has 0 spiro atoms. The van der Waals surface area contributed by atoms with Gasteiger partial charge < -0.3 is 29.5 Å². The van der Waals surface area contributed by atoms with Crippen LogP contribution >= 0.6 is 23.2 Å². The number of esters is 2. The van der Waals surface area contributed by atoms with Crippen LogP contribution in [0.1, 0.15) is 18.4 Å². The van der Waals surface area contributed by atoms with Crippen LogP contribution in [0, 0.1) is 0 Å². The number of piperidine rings is 1. The Morgan fingerprint density at radius 2 is 1.70 bits per heavy atom. The number of benzene rings is 2. The summed E-state index contributed by atoms with van der Waals surface area (Å²) < 4.78 is 77.1. The van der Waals surface area contributed by atoms with Gasteiger partial charge in [0.25, 0.3) is 6.43 Å². The number of alkyl halides is 5. The largest absolute Gasteiger partial charge is 0.491 e. The van der Waals surface area contributed by atoms with Gasteiger partial charge in [0, 0.05) is 42.8 Å². The van der Waals surface area contributed by atoms with Crippen molar-refractivity contribution in [3.63, 3.8) is 0 Å². The molecule has 2 fully saturated rings. The Balaban J connectivity index is 1.40. The van der Waals surface area contributed by atoms with E-state index in [9.17, 15) is 36.6 Å². The second-order valence-corrected chi connectivity index (χ2v) is 11.3. The van der Waals surface area contributed by atoms with E-state index in [4.69, 9.17) is 32.7 Å². The van der Waals surface area contributed by atoms with Crippen LogP contribution in [0.4, 0.5) is 27.6 Å². The van der Waals surface area contributed by atoms with Crippen LogP contribution < -0.4 is 19.7 Å². The van der Waals surface area contributed by atoms with Gasteiger partial charge >= 0.3 is 18.1 Å². The van der Waals surface area contributed by atoms with Gasteiger partial charge in [0.1, 0.15) is 18.1 Å². The second kappa shape index (κ2) is 14.9. The molecule has 2 aromatic carbocycles. The highest BCUT2D eigenvalue weighted by molar-refractivity contribution is 6.32. The number of ether oxygens (including phenoxy) is 3. The molecule has 2 atom stereocenters. The Hall–Kier alpha value is -2.91. The zero-order chi connectivity index (χ0) is 32.0. The lowest BCUT2D eigenvalue weighted by atomic mass is 10.0. The average molecular weight is 670 g/mol. The highest BCUT2D eigenvalue weighted by Gasteiger charge is 2.42. The summed E-state index contributed by atoms with van der Waals surface area (Å²) in [5.41, 5.74) is 1.33. The van der Waals surface area contributed by atoms with Crippen LogP contribution in [-0.2, 0) is 20.9 Å². The van der Waals surface area contributed by atoms with Gasteiger partial charge in [-0.25, -0.2) is 18.4 Å². The first-order chi connectivity index (χ1) is 20.8. The van der Waals surface area contributed by atoms with Crippen molar-refractivity contribution in [3.05, 3.63) is 52.0 Å². The highest BCUT2D eigenvalue weighted by atomic mass is 35.5. The number of β-amino-alcohol motifs (C(OH)–C–C–N with tert-alkyl or cyclic N) is 1. The van der Waals surface area contributed by atoms with Crippen molar-refractivity contribution < 1.29 is 50.9 Å². The Labute approximate surface area is 259 Å². The molecule has 2 aliphatic rings. The van der Waals surface area contributed by atoms with E-state index in [1.54, 1.807) is 4.90 Å². The first-order valence-corrected chi connectivity index (χ1v) is 14.4. The zero-order valence-corrected chi connectivity index (χ0v) is 24.7. The summed E-state index contributed by atoms with van der Waals surface area (Å²) >= 11 is 12.1. The quantitative estimate of drug-likeness (QED) is 0.204. The van der Waals surface area contributed by atoms with Gasteiger partial charge in [-0.15, -0.1) is 0 Å². The minimum Gasteiger partial charge on any atom is -0.486 e. The first-order valence-electron chi connectivity index (χ1n) is 13.6. The van der Waals surface area contributed by atoms with Crippen molar-refractivity contribution in [3.8, 4) is 11.5 Å². The highest BCUT2D eigenvalue weighted by Crippen LogP contribution is 2.40. The molecule has 242 valence electrons. The molecule has 44 heavy (non-hydrogen) atoms. The lowest BCUT2D eigenvalue weighted by molar-refractivity contribution is -0.202. The number of hydrogen-bond acceptors (Lipinski definition) is 9. The van der Waals surface area contributed by atoms with Crippen LogP contribution in [0.5, 0.6) is 11.5 Å². The van der Waals surface area contributed by atoms with E-state index in [0.29, 0.717) is 5.02 Å². The number of carbonyl (C=O) groups is 2. The monoisotopic (exact) mass is 669 g/mol. The lowest BCUT2D eigenvalue weighted by Gasteiger charge is -2.34. The van der Waals surface area contributed by atoms with Crippen LogP contribution in [0.3, 0.4) is 0 Å². The molecule has 2 saturated heterocycles. The second-order valence-electron chi connectivity index (χ2n) is 10.4. The maximum atomic E-state index is 12.8. The van der Waals surface area contributed by atoms with Crippen molar-refractivity contribution in [2.24, 2.45) is 0 Å². The summed E-state index contributed by atoms with van der Waals surface area (Å²) in [6.45, 7) is 0.701. The Bertz CT molecular complexity index is 1300. The zero-order valence-electron chi connectivity index (χ0n) is 23.2. The third-order valence-corrected chi connectivity index (χ3v) is 7.70. The Kier molecular flexibility index (Phi) is 11.5. The molecule has 2 aliphatic heterocycles. The summed E-state index contributed by atoms with van der Waals surface area (Å²) in [7, 11) is 0. The van der Waals surface area contributed by atoms with Gasteiger partial charge in [-0.3, -0.25) is 4.90 Å². The van der Waals surface area contributed by atoms with Crippen LogP contribution in [0.25, 0.3) is 0 Å². The summed E-state index contributed by atoms with van der Waals surface area (Å²) in [5, 5.41) is 14.8. The smallest absolute Gasteiger partial charge is 0.486 e. The van der Waals surface area contributed by atoms with Crippen LogP contribution in [-0.4, -0.2) is 92.1 Å². The van der Waals surface area contributed by atoms with E-state index >= 15 is 0 Å². The molecule has 2 N–H and O–H groups in total. The van der Waals surface area contributed by atoms with Crippen molar-refractivity contribution in [2.45, 2.75) is 50.2 Å². The van der Waals surface area contributed by atoms with E-state index in [1.165, 1.54) is 6.07 Å². The summed E-state index contributed by atoms with van der Waals surface area (Å²) in [5.74, 6) is -4.58. The average Bonchev–Trinajstić information content (AvgIpc) is 3.32. The molecule has 0 aliphatic carbocycles. The predicted octanol–water partition coefficient (Wildman–Crippen LogP) is 4.45. The Morgan fingerprint density at radius 3 is 2.34 bits per heavy atom. The topological polar surface area (TPSA) is 101 Å². The number of hydrogen-bond donors (Lipinski definition) is 2. The third-order valence-electron chi connectivity index (χ3n) is 7.15. The number of aliphatic hydroxyl groups is 1. The molecule has 0 amide bonds. The van der Waals surface area contributed by atoms with E-state index in [-0.39, 0.29) is 41.3 Å². The molecule has 4 rings (SSSR count). The number of rotatable bonds is 11.